The number of amides is 1. The lowest BCUT2D eigenvalue weighted by atomic mass is 10.1. The maximum Gasteiger partial charge on any atom is 0.224 e. The number of aryl methyl sites for hydroxylation is 1. The molecule has 4 nitrogen and oxygen atoms in total. The molecule has 2 aromatic carbocycles. The minimum absolute atomic E-state index is 0.140. The Bertz CT molecular complexity index is 716. The molecule has 0 saturated carbocycles. The van der Waals surface area contributed by atoms with Gasteiger partial charge >= 0.3 is 0 Å². The Labute approximate surface area is 141 Å². The third-order valence-corrected chi connectivity index (χ3v) is 3.77. The smallest absolute Gasteiger partial charge is 0.224 e. The molecule has 2 rings (SSSR count). The second-order valence-corrected chi connectivity index (χ2v) is 5.54. The van der Waals surface area contributed by atoms with Crippen molar-refractivity contribution in [3.63, 3.8) is 0 Å². The third-order valence-electron chi connectivity index (χ3n) is 3.77. The van der Waals surface area contributed by atoms with Gasteiger partial charge in [0.1, 0.15) is 17.3 Å². The summed E-state index contributed by atoms with van der Waals surface area (Å²) in [6, 6.07) is 9.90. The zero-order valence-electron chi connectivity index (χ0n) is 14.2. The number of hydrogen-bond acceptors (Lipinski definition) is 3. The number of carbonyl (C=O) groups is 1. The van der Waals surface area contributed by atoms with Crippen LogP contribution < -0.4 is 14.8 Å². The average Bonchev–Trinajstić information content (AvgIpc) is 2.55. The third kappa shape index (κ3) is 4.72. The normalized spacial score (nSPS) is 10.3. The summed E-state index contributed by atoms with van der Waals surface area (Å²) >= 11 is 0. The number of rotatable bonds is 7. The SMILES string of the molecule is COc1cc(CCNC(=O)Cc2cccc(F)c2)c(OC)cc1C. The van der Waals surface area contributed by atoms with E-state index in [0.29, 0.717) is 18.5 Å². The van der Waals surface area contributed by atoms with Crippen LogP contribution in [0, 0.1) is 12.7 Å². The first-order valence-electron chi connectivity index (χ1n) is 7.76. The molecule has 0 radical (unpaired) electrons. The number of ether oxygens (including phenoxy) is 2. The molecule has 0 aromatic heterocycles. The number of methoxy groups -OCH3 is 2. The van der Waals surface area contributed by atoms with Crippen LogP contribution >= 0.6 is 0 Å². The van der Waals surface area contributed by atoms with Gasteiger partial charge in [-0.3, -0.25) is 4.79 Å². The van der Waals surface area contributed by atoms with Gasteiger partial charge in [0, 0.05) is 6.54 Å². The molecular weight excluding hydrogens is 309 g/mol. The molecule has 0 aliphatic heterocycles. The van der Waals surface area contributed by atoms with Gasteiger partial charge < -0.3 is 14.8 Å². The van der Waals surface area contributed by atoms with Crippen molar-refractivity contribution in [2.24, 2.45) is 0 Å². The van der Waals surface area contributed by atoms with Gasteiger partial charge in [-0.1, -0.05) is 12.1 Å². The largest absolute Gasteiger partial charge is 0.496 e. The van der Waals surface area contributed by atoms with Crippen LogP contribution in [0.1, 0.15) is 16.7 Å². The highest BCUT2D eigenvalue weighted by Gasteiger charge is 2.10. The number of benzene rings is 2. The van der Waals surface area contributed by atoms with E-state index < -0.39 is 0 Å². The van der Waals surface area contributed by atoms with Gasteiger partial charge in [-0.15, -0.1) is 0 Å². The predicted molar refractivity (Wildman–Crippen MR) is 91.1 cm³/mol. The molecule has 0 aliphatic rings. The zero-order valence-corrected chi connectivity index (χ0v) is 14.2. The molecular formula is C19H22FNO3. The van der Waals surface area contributed by atoms with Gasteiger partial charge in [0.05, 0.1) is 20.6 Å². The summed E-state index contributed by atoms with van der Waals surface area (Å²) in [5, 5.41) is 2.84. The molecule has 0 unspecified atom stereocenters. The quantitative estimate of drug-likeness (QED) is 0.848. The van der Waals surface area contributed by atoms with Crippen LogP contribution in [-0.2, 0) is 17.6 Å². The molecule has 0 atom stereocenters. The van der Waals surface area contributed by atoms with E-state index in [9.17, 15) is 9.18 Å². The average molecular weight is 331 g/mol. The van der Waals surface area contributed by atoms with E-state index in [1.807, 2.05) is 19.1 Å². The van der Waals surface area contributed by atoms with Crippen LogP contribution in [0.3, 0.4) is 0 Å². The minimum atomic E-state index is -0.336. The highest BCUT2D eigenvalue weighted by molar-refractivity contribution is 5.78. The fourth-order valence-electron chi connectivity index (χ4n) is 2.54. The van der Waals surface area contributed by atoms with Crippen molar-refractivity contribution in [1.82, 2.24) is 5.32 Å². The van der Waals surface area contributed by atoms with Crippen LogP contribution in [0.15, 0.2) is 36.4 Å². The number of hydrogen-bond donors (Lipinski definition) is 1. The Morgan fingerprint density at radius 3 is 2.54 bits per heavy atom. The molecule has 0 saturated heterocycles. The van der Waals surface area contributed by atoms with Gasteiger partial charge in [-0.25, -0.2) is 4.39 Å². The number of halogens is 1. The van der Waals surface area contributed by atoms with Crippen molar-refractivity contribution in [2.45, 2.75) is 19.8 Å². The van der Waals surface area contributed by atoms with E-state index in [1.165, 1.54) is 12.1 Å². The summed E-state index contributed by atoms with van der Waals surface area (Å²) in [6.07, 6.45) is 0.779. The molecule has 24 heavy (non-hydrogen) atoms. The minimum Gasteiger partial charge on any atom is -0.496 e. The van der Waals surface area contributed by atoms with Crippen molar-refractivity contribution in [2.75, 3.05) is 20.8 Å². The molecule has 5 heteroatoms. The zero-order chi connectivity index (χ0) is 17.5. The Kier molecular flexibility index (Phi) is 6.18. The van der Waals surface area contributed by atoms with Crippen LogP contribution in [0.2, 0.25) is 0 Å². The van der Waals surface area contributed by atoms with Crippen molar-refractivity contribution >= 4 is 5.91 Å². The summed E-state index contributed by atoms with van der Waals surface area (Å²) in [7, 11) is 3.24. The maximum atomic E-state index is 13.1. The summed E-state index contributed by atoms with van der Waals surface area (Å²) in [4.78, 5) is 12.0. The molecule has 1 amide bonds. The van der Waals surface area contributed by atoms with Crippen molar-refractivity contribution in [1.29, 1.82) is 0 Å². The fourth-order valence-corrected chi connectivity index (χ4v) is 2.54. The Morgan fingerprint density at radius 2 is 1.88 bits per heavy atom. The molecule has 128 valence electrons. The standard InChI is InChI=1S/C19H22FNO3/c1-13-9-18(24-3)15(12-17(13)23-2)7-8-21-19(22)11-14-5-4-6-16(20)10-14/h4-6,9-10,12H,7-8,11H2,1-3H3,(H,21,22). The summed E-state index contributed by atoms with van der Waals surface area (Å²) in [5.41, 5.74) is 2.61. The highest BCUT2D eigenvalue weighted by Crippen LogP contribution is 2.28. The van der Waals surface area contributed by atoms with Gasteiger partial charge in [0.25, 0.3) is 0 Å². The predicted octanol–water partition coefficient (Wildman–Crippen LogP) is 3.05. The lowest BCUT2D eigenvalue weighted by molar-refractivity contribution is -0.120. The second kappa shape index (κ2) is 8.34. The lowest BCUT2D eigenvalue weighted by Gasteiger charge is -2.13. The molecule has 0 fully saturated rings. The first-order valence-corrected chi connectivity index (χ1v) is 7.76. The Morgan fingerprint density at radius 1 is 1.12 bits per heavy atom. The maximum absolute atomic E-state index is 13.1. The van der Waals surface area contributed by atoms with E-state index in [2.05, 4.69) is 5.32 Å². The Balaban J connectivity index is 1.92. The number of carbonyl (C=O) groups excluding carboxylic acids is 1. The summed E-state index contributed by atoms with van der Waals surface area (Å²) in [6.45, 7) is 2.42. The van der Waals surface area contributed by atoms with E-state index in [1.54, 1.807) is 26.4 Å². The monoisotopic (exact) mass is 331 g/mol. The second-order valence-electron chi connectivity index (χ2n) is 5.54. The van der Waals surface area contributed by atoms with E-state index in [4.69, 9.17) is 9.47 Å². The van der Waals surface area contributed by atoms with Crippen LogP contribution in [0.25, 0.3) is 0 Å². The van der Waals surface area contributed by atoms with Crippen LogP contribution in [-0.4, -0.2) is 26.7 Å². The molecule has 0 aliphatic carbocycles. The van der Waals surface area contributed by atoms with Gasteiger partial charge in [-0.05, 0) is 54.3 Å². The number of nitrogens with one attached hydrogen (secondary N) is 1. The van der Waals surface area contributed by atoms with Crippen molar-refractivity contribution in [3.8, 4) is 11.5 Å². The molecule has 1 N–H and O–H groups in total. The van der Waals surface area contributed by atoms with E-state index in [-0.39, 0.29) is 18.1 Å². The first-order chi connectivity index (χ1) is 11.5. The lowest BCUT2D eigenvalue weighted by Crippen LogP contribution is -2.27. The van der Waals surface area contributed by atoms with Gasteiger partial charge in [0.15, 0.2) is 0 Å². The summed E-state index contributed by atoms with van der Waals surface area (Å²) in [5.74, 6) is 1.08. The first kappa shape index (κ1) is 17.8. The topological polar surface area (TPSA) is 47.6 Å². The van der Waals surface area contributed by atoms with Crippen LogP contribution in [0.5, 0.6) is 11.5 Å². The highest BCUT2D eigenvalue weighted by atomic mass is 19.1. The van der Waals surface area contributed by atoms with E-state index in [0.717, 1.165) is 22.6 Å². The molecule has 0 spiro atoms. The Hall–Kier alpha value is -2.56. The van der Waals surface area contributed by atoms with Crippen molar-refractivity contribution < 1.29 is 18.7 Å². The van der Waals surface area contributed by atoms with E-state index >= 15 is 0 Å². The molecule has 0 heterocycles. The summed E-state index contributed by atoms with van der Waals surface area (Å²) < 4.78 is 23.8. The molecule has 2 aromatic rings. The van der Waals surface area contributed by atoms with Gasteiger partial charge in [0.2, 0.25) is 5.91 Å². The van der Waals surface area contributed by atoms with Crippen molar-refractivity contribution in [3.05, 3.63) is 58.9 Å². The van der Waals surface area contributed by atoms with Crippen LogP contribution in [0.4, 0.5) is 4.39 Å². The molecule has 0 bridgehead atoms. The fraction of sp³-hybridized carbons (Fsp3) is 0.316. The van der Waals surface area contributed by atoms with Gasteiger partial charge in [-0.2, -0.15) is 0 Å².